The van der Waals surface area contributed by atoms with Crippen molar-refractivity contribution in [3.63, 3.8) is 0 Å². The highest BCUT2D eigenvalue weighted by Crippen LogP contribution is 2.30. The molecule has 126 valence electrons. The molecule has 5 heteroatoms. The van der Waals surface area contributed by atoms with Crippen LogP contribution in [0.25, 0.3) is 0 Å². The lowest BCUT2D eigenvalue weighted by Gasteiger charge is -2.31. The second kappa shape index (κ2) is 9.13. The molecule has 2 aliphatic rings. The van der Waals surface area contributed by atoms with Crippen molar-refractivity contribution >= 4 is 11.8 Å². The van der Waals surface area contributed by atoms with Gasteiger partial charge in [-0.05, 0) is 38.5 Å². The van der Waals surface area contributed by atoms with Gasteiger partial charge in [-0.25, -0.2) is 0 Å². The smallest absolute Gasteiger partial charge is 0.225 e. The van der Waals surface area contributed by atoms with E-state index in [4.69, 9.17) is 4.74 Å². The predicted octanol–water partition coefficient (Wildman–Crippen LogP) is 1.96. The van der Waals surface area contributed by atoms with Crippen LogP contribution >= 0.6 is 0 Å². The molecule has 1 N–H and O–H groups in total. The zero-order valence-corrected chi connectivity index (χ0v) is 13.8. The van der Waals surface area contributed by atoms with Crippen LogP contribution < -0.4 is 5.32 Å². The Labute approximate surface area is 133 Å². The van der Waals surface area contributed by atoms with Gasteiger partial charge < -0.3 is 15.0 Å². The average molecular weight is 310 g/mol. The molecule has 0 unspecified atom stereocenters. The van der Waals surface area contributed by atoms with Crippen molar-refractivity contribution in [2.45, 2.75) is 51.4 Å². The lowest BCUT2D eigenvalue weighted by molar-refractivity contribution is -0.138. The average Bonchev–Trinajstić information content (AvgIpc) is 2.84. The second-order valence-electron chi connectivity index (χ2n) is 6.57. The number of carbonyl (C=O) groups excluding carboxylic acids is 2. The summed E-state index contributed by atoms with van der Waals surface area (Å²) in [5.74, 6) is 0.670. The first-order valence-electron chi connectivity index (χ1n) is 8.78. The third kappa shape index (κ3) is 4.97. The Balaban J connectivity index is 1.73. The van der Waals surface area contributed by atoms with Crippen molar-refractivity contribution in [2.75, 3.05) is 33.4 Å². The topological polar surface area (TPSA) is 58.6 Å². The Hall–Kier alpha value is -1.10. The highest BCUT2D eigenvalue weighted by molar-refractivity contribution is 5.81. The Bertz CT molecular complexity index is 357. The van der Waals surface area contributed by atoms with E-state index in [0.717, 1.165) is 51.6 Å². The summed E-state index contributed by atoms with van der Waals surface area (Å²) in [6.45, 7) is 2.98. The van der Waals surface area contributed by atoms with E-state index in [1.54, 1.807) is 7.11 Å². The SMILES string of the molecule is COCCNC(=O)C1CCC(C(=O)N2CCCCCC2)CC1. The van der Waals surface area contributed by atoms with Gasteiger partial charge in [0.25, 0.3) is 0 Å². The summed E-state index contributed by atoms with van der Waals surface area (Å²) in [5, 5.41) is 2.91. The number of amides is 2. The van der Waals surface area contributed by atoms with Gasteiger partial charge in [-0.2, -0.15) is 0 Å². The van der Waals surface area contributed by atoms with Gasteiger partial charge in [-0.15, -0.1) is 0 Å². The highest BCUT2D eigenvalue weighted by atomic mass is 16.5. The molecule has 0 aromatic heterocycles. The van der Waals surface area contributed by atoms with Crippen LogP contribution in [0.15, 0.2) is 0 Å². The van der Waals surface area contributed by atoms with Crippen LogP contribution in [0.3, 0.4) is 0 Å². The third-order valence-corrected chi connectivity index (χ3v) is 4.97. The molecule has 1 heterocycles. The van der Waals surface area contributed by atoms with Gasteiger partial charge in [0.15, 0.2) is 0 Å². The van der Waals surface area contributed by atoms with Gasteiger partial charge in [-0.1, -0.05) is 12.8 Å². The molecule has 1 aliphatic heterocycles. The Morgan fingerprint density at radius 1 is 1.00 bits per heavy atom. The highest BCUT2D eigenvalue weighted by Gasteiger charge is 2.32. The normalized spacial score (nSPS) is 26.3. The van der Waals surface area contributed by atoms with Crippen LogP contribution in [0, 0.1) is 11.8 Å². The Kier molecular flexibility index (Phi) is 7.16. The molecule has 0 radical (unpaired) electrons. The maximum atomic E-state index is 12.6. The largest absolute Gasteiger partial charge is 0.383 e. The van der Waals surface area contributed by atoms with Crippen LogP contribution in [0.5, 0.6) is 0 Å². The number of rotatable bonds is 5. The number of methoxy groups -OCH3 is 1. The van der Waals surface area contributed by atoms with Gasteiger partial charge >= 0.3 is 0 Å². The molecular weight excluding hydrogens is 280 g/mol. The summed E-state index contributed by atoms with van der Waals surface area (Å²) >= 11 is 0. The van der Waals surface area contributed by atoms with Crippen LogP contribution in [0.2, 0.25) is 0 Å². The number of nitrogens with zero attached hydrogens (tertiary/aromatic N) is 1. The van der Waals surface area contributed by atoms with Crippen molar-refractivity contribution < 1.29 is 14.3 Å². The lowest BCUT2D eigenvalue weighted by Crippen LogP contribution is -2.40. The van der Waals surface area contributed by atoms with E-state index in [9.17, 15) is 9.59 Å². The number of ether oxygens (including phenoxy) is 1. The summed E-state index contributed by atoms with van der Waals surface area (Å²) in [4.78, 5) is 26.7. The fourth-order valence-corrected chi connectivity index (χ4v) is 3.57. The molecule has 2 fully saturated rings. The first-order valence-corrected chi connectivity index (χ1v) is 8.78. The lowest BCUT2D eigenvalue weighted by atomic mass is 9.81. The first-order chi connectivity index (χ1) is 10.7. The molecule has 22 heavy (non-hydrogen) atoms. The van der Waals surface area contributed by atoms with Crippen LogP contribution in [-0.2, 0) is 14.3 Å². The van der Waals surface area contributed by atoms with Crippen LogP contribution in [0.4, 0.5) is 0 Å². The standard InChI is InChI=1S/C17H30N2O3/c1-22-13-10-18-16(20)14-6-8-15(9-7-14)17(21)19-11-4-2-3-5-12-19/h14-15H,2-13H2,1H3,(H,18,20). The molecule has 5 nitrogen and oxygen atoms in total. The minimum Gasteiger partial charge on any atom is -0.383 e. The molecule has 0 atom stereocenters. The number of likely N-dealkylation sites (tertiary alicyclic amines) is 1. The van der Waals surface area contributed by atoms with Crippen molar-refractivity contribution in [1.29, 1.82) is 0 Å². The number of carbonyl (C=O) groups is 2. The monoisotopic (exact) mass is 310 g/mol. The van der Waals surface area contributed by atoms with Crippen molar-refractivity contribution in [1.82, 2.24) is 10.2 Å². The molecule has 1 saturated heterocycles. The van der Waals surface area contributed by atoms with Crippen LogP contribution in [0.1, 0.15) is 51.4 Å². The molecule has 2 amide bonds. The predicted molar refractivity (Wildman–Crippen MR) is 85.4 cm³/mol. The Morgan fingerprint density at radius 3 is 2.18 bits per heavy atom. The van der Waals surface area contributed by atoms with Crippen LogP contribution in [-0.4, -0.2) is 50.1 Å². The second-order valence-corrected chi connectivity index (χ2v) is 6.57. The molecule has 1 aliphatic carbocycles. The number of hydrogen-bond donors (Lipinski definition) is 1. The summed E-state index contributed by atoms with van der Waals surface area (Å²) in [5.41, 5.74) is 0. The molecular formula is C17H30N2O3. The minimum absolute atomic E-state index is 0.0741. The third-order valence-electron chi connectivity index (χ3n) is 4.97. The van der Waals surface area contributed by atoms with E-state index in [-0.39, 0.29) is 17.7 Å². The van der Waals surface area contributed by atoms with Gasteiger partial charge in [0, 0.05) is 38.6 Å². The van der Waals surface area contributed by atoms with E-state index < -0.39 is 0 Å². The quantitative estimate of drug-likeness (QED) is 0.790. The number of hydrogen-bond acceptors (Lipinski definition) is 3. The molecule has 2 rings (SSSR count). The fourth-order valence-electron chi connectivity index (χ4n) is 3.57. The molecule has 0 spiro atoms. The van der Waals surface area contributed by atoms with E-state index in [2.05, 4.69) is 10.2 Å². The minimum atomic E-state index is 0.0741. The van der Waals surface area contributed by atoms with E-state index in [1.807, 2.05) is 0 Å². The summed E-state index contributed by atoms with van der Waals surface area (Å²) in [6.07, 6.45) is 8.17. The summed E-state index contributed by atoms with van der Waals surface area (Å²) in [6, 6.07) is 0. The van der Waals surface area contributed by atoms with Crippen molar-refractivity contribution in [3.8, 4) is 0 Å². The fraction of sp³-hybridized carbons (Fsp3) is 0.882. The molecule has 0 bridgehead atoms. The zero-order chi connectivity index (χ0) is 15.8. The van der Waals surface area contributed by atoms with Crippen molar-refractivity contribution in [2.24, 2.45) is 11.8 Å². The van der Waals surface area contributed by atoms with E-state index in [1.165, 1.54) is 12.8 Å². The molecule has 1 saturated carbocycles. The maximum Gasteiger partial charge on any atom is 0.225 e. The summed E-state index contributed by atoms with van der Waals surface area (Å²) < 4.78 is 4.94. The first kappa shape index (κ1) is 17.3. The van der Waals surface area contributed by atoms with E-state index in [0.29, 0.717) is 19.1 Å². The van der Waals surface area contributed by atoms with Gasteiger partial charge in [0.05, 0.1) is 6.61 Å². The molecule has 0 aromatic rings. The maximum absolute atomic E-state index is 12.6. The van der Waals surface area contributed by atoms with Gasteiger partial charge in [0.1, 0.15) is 0 Å². The summed E-state index contributed by atoms with van der Waals surface area (Å²) in [7, 11) is 1.63. The van der Waals surface area contributed by atoms with Gasteiger partial charge in [-0.3, -0.25) is 9.59 Å². The van der Waals surface area contributed by atoms with Gasteiger partial charge in [0.2, 0.25) is 11.8 Å². The Morgan fingerprint density at radius 2 is 1.59 bits per heavy atom. The van der Waals surface area contributed by atoms with Crippen molar-refractivity contribution in [3.05, 3.63) is 0 Å². The zero-order valence-electron chi connectivity index (χ0n) is 13.8. The number of nitrogens with one attached hydrogen (secondary N) is 1. The molecule has 0 aromatic carbocycles. The van der Waals surface area contributed by atoms with E-state index >= 15 is 0 Å².